The topological polar surface area (TPSA) is 15.3 Å². The summed E-state index contributed by atoms with van der Waals surface area (Å²) < 4.78 is 0. The van der Waals surface area contributed by atoms with Gasteiger partial charge in [0, 0.05) is 11.4 Å². The van der Waals surface area contributed by atoms with E-state index in [0.29, 0.717) is 0 Å². The van der Waals surface area contributed by atoms with Gasteiger partial charge in [-0.2, -0.15) is 0 Å². The van der Waals surface area contributed by atoms with Crippen LogP contribution in [0.1, 0.15) is 31.1 Å². The molecule has 0 aliphatic carbocycles. The van der Waals surface area contributed by atoms with Crippen LogP contribution in [0.15, 0.2) is 17.5 Å². The van der Waals surface area contributed by atoms with E-state index in [1.165, 1.54) is 37.2 Å². The molecule has 0 unspecified atom stereocenters. The van der Waals surface area contributed by atoms with Gasteiger partial charge in [-0.05, 0) is 51.0 Å². The number of hydrogen-bond donors (Lipinski definition) is 1. The zero-order valence-electron chi connectivity index (χ0n) is 10.5. The summed E-state index contributed by atoms with van der Waals surface area (Å²) in [6, 6.07) is 4.34. The molecule has 2 nitrogen and oxygen atoms in total. The summed E-state index contributed by atoms with van der Waals surface area (Å²) in [5, 5.41) is 5.51. The minimum absolute atomic E-state index is 1.10. The van der Waals surface area contributed by atoms with Gasteiger partial charge in [0.2, 0.25) is 0 Å². The first-order valence-corrected chi connectivity index (χ1v) is 7.12. The van der Waals surface area contributed by atoms with Crippen molar-refractivity contribution in [3.8, 4) is 0 Å². The molecule has 0 aliphatic rings. The fourth-order valence-corrected chi connectivity index (χ4v) is 2.52. The summed E-state index contributed by atoms with van der Waals surface area (Å²) in [4.78, 5) is 3.88. The Hall–Kier alpha value is -0.380. The van der Waals surface area contributed by atoms with Crippen molar-refractivity contribution in [2.75, 3.05) is 26.7 Å². The molecule has 0 saturated carbocycles. The van der Waals surface area contributed by atoms with Crippen LogP contribution >= 0.6 is 11.3 Å². The molecule has 0 fully saturated rings. The first-order valence-electron chi connectivity index (χ1n) is 6.24. The average Bonchev–Trinajstić information content (AvgIpc) is 2.76. The second-order valence-corrected chi connectivity index (χ2v) is 5.26. The lowest BCUT2D eigenvalue weighted by Crippen LogP contribution is -2.19. The SMILES string of the molecule is CCNCCCCCN(C)Cc1cccs1. The second kappa shape index (κ2) is 8.74. The van der Waals surface area contributed by atoms with Crippen molar-refractivity contribution >= 4 is 11.3 Å². The van der Waals surface area contributed by atoms with Gasteiger partial charge in [0.15, 0.2) is 0 Å². The molecule has 0 aromatic carbocycles. The highest BCUT2D eigenvalue weighted by molar-refractivity contribution is 7.09. The van der Waals surface area contributed by atoms with Crippen LogP contribution in [0, 0.1) is 0 Å². The van der Waals surface area contributed by atoms with Crippen molar-refractivity contribution in [3.63, 3.8) is 0 Å². The Balaban J connectivity index is 1.96. The molecular formula is C13H24N2S. The Bertz CT molecular complexity index is 246. The summed E-state index contributed by atoms with van der Waals surface area (Å²) >= 11 is 1.85. The summed E-state index contributed by atoms with van der Waals surface area (Å²) in [5.74, 6) is 0. The summed E-state index contributed by atoms with van der Waals surface area (Å²) in [5.41, 5.74) is 0. The molecule has 0 radical (unpaired) electrons. The molecule has 1 heterocycles. The number of nitrogens with one attached hydrogen (secondary N) is 1. The highest BCUT2D eigenvalue weighted by Gasteiger charge is 2.00. The van der Waals surface area contributed by atoms with Crippen molar-refractivity contribution in [2.45, 2.75) is 32.7 Å². The van der Waals surface area contributed by atoms with Crippen LogP contribution in [0.3, 0.4) is 0 Å². The lowest BCUT2D eigenvalue weighted by atomic mass is 10.2. The van der Waals surface area contributed by atoms with E-state index in [1.54, 1.807) is 0 Å². The predicted molar refractivity (Wildman–Crippen MR) is 73.0 cm³/mol. The van der Waals surface area contributed by atoms with Gasteiger partial charge < -0.3 is 10.2 Å². The number of hydrogen-bond acceptors (Lipinski definition) is 3. The third kappa shape index (κ3) is 6.26. The standard InChI is InChI=1S/C13H24N2S/c1-3-14-9-5-4-6-10-15(2)12-13-8-7-11-16-13/h7-8,11,14H,3-6,9-10,12H2,1-2H3. The maximum Gasteiger partial charge on any atom is 0.0324 e. The first-order chi connectivity index (χ1) is 7.83. The van der Waals surface area contributed by atoms with Gasteiger partial charge in [-0.1, -0.05) is 19.4 Å². The average molecular weight is 240 g/mol. The fourth-order valence-electron chi connectivity index (χ4n) is 1.73. The zero-order chi connectivity index (χ0) is 11.6. The van der Waals surface area contributed by atoms with Gasteiger partial charge in [0.25, 0.3) is 0 Å². The number of nitrogens with zero attached hydrogens (tertiary/aromatic N) is 1. The van der Waals surface area contributed by atoms with Crippen LogP contribution in [-0.4, -0.2) is 31.6 Å². The van der Waals surface area contributed by atoms with Crippen LogP contribution < -0.4 is 5.32 Å². The van der Waals surface area contributed by atoms with Crippen molar-refractivity contribution < 1.29 is 0 Å². The Kier molecular flexibility index (Phi) is 7.47. The van der Waals surface area contributed by atoms with Gasteiger partial charge in [-0.25, -0.2) is 0 Å². The van der Waals surface area contributed by atoms with Gasteiger partial charge >= 0.3 is 0 Å². The van der Waals surface area contributed by atoms with Gasteiger partial charge in [-0.3, -0.25) is 0 Å². The van der Waals surface area contributed by atoms with Gasteiger partial charge in [-0.15, -0.1) is 11.3 Å². The molecule has 0 saturated heterocycles. The van der Waals surface area contributed by atoms with Gasteiger partial charge in [0.1, 0.15) is 0 Å². The molecule has 0 aliphatic heterocycles. The van der Waals surface area contributed by atoms with E-state index >= 15 is 0 Å². The van der Waals surface area contributed by atoms with Crippen LogP contribution in [0.25, 0.3) is 0 Å². The third-order valence-corrected chi connectivity index (χ3v) is 3.51. The van der Waals surface area contributed by atoms with E-state index in [4.69, 9.17) is 0 Å². The molecule has 1 aromatic heterocycles. The Morgan fingerprint density at radius 1 is 1.31 bits per heavy atom. The molecule has 0 atom stereocenters. The second-order valence-electron chi connectivity index (χ2n) is 4.23. The highest BCUT2D eigenvalue weighted by atomic mass is 32.1. The monoisotopic (exact) mass is 240 g/mol. The van der Waals surface area contributed by atoms with E-state index in [1.807, 2.05) is 11.3 Å². The summed E-state index contributed by atoms with van der Waals surface area (Å²) in [6.45, 7) is 6.74. The third-order valence-electron chi connectivity index (χ3n) is 2.65. The van der Waals surface area contributed by atoms with E-state index in [2.05, 4.69) is 41.7 Å². The normalized spacial score (nSPS) is 11.2. The Labute approximate surface area is 104 Å². The van der Waals surface area contributed by atoms with Crippen molar-refractivity contribution in [1.82, 2.24) is 10.2 Å². The van der Waals surface area contributed by atoms with Crippen molar-refractivity contribution in [1.29, 1.82) is 0 Å². The predicted octanol–water partition coefficient (Wildman–Crippen LogP) is 2.96. The van der Waals surface area contributed by atoms with Crippen LogP contribution in [0.2, 0.25) is 0 Å². The minimum atomic E-state index is 1.10. The van der Waals surface area contributed by atoms with E-state index < -0.39 is 0 Å². The lowest BCUT2D eigenvalue weighted by Gasteiger charge is -2.15. The molecule has 0 spiro atoms. The van der Waals surface area contributed by atoms with E-state index in [-0.39, 0.29) is 0 Å². The molecule has 1 N–H and O–H groups in total. The maximum atomic E-state index is 3.36. The van der Waals surface area contributed by atoms with Gasteiger partial charge in [0.05, 0.1) is 0 Å². The Morgan fingerprint density at radius 3 is 2.88 bits per heavy atom. The smallest absolute Gasteiger partial charge is 0.0324 e. The van der Waals surface area contributed by atoms with E-state index in [9.17, 15) is 0 Å². The number of unbranched alkanes of at least 4 members (excludes halogenated alkanes) is 2. The van der Waals surface area contributed by atoms with Crippen LogP contribution in [-0.2, 0) is 6.54 Å². The first kappa shape index (κ1) is 13.7. The summed E-state index contributed by atoms with van der Waals surface area (Å²) in [7, 11) is 2.21. The molecule has 0 amide bonds. The maximum absolute atomic E-state index is 3.36. The summed E-state index contributed by atoms with van der Waals surface area (Å²) in [6.07, 6.45) is 3.95. The lowest BCUT2D eigenvalue weighted by molar-refractivity contribution is 0.319. The zero-order valence-corrected chi connectivity index (χ0v) is 11.4. The Morgan fingerprint density at radius 2 is 2.19 bits per heavy atom. The highest BCUT2D eigenvalue weighted by Crippen LogP contribution is 2.11. The molecule has 1 rings (SSSR count). The molecule has 1 aromatic rings. The van der Waals surface area contributed by atoms with Crippen LogP contribution in [0.4, 0.5) is 0 Å². The largest absolute Gasteiger partial charge is 0.317 e. The molecule has 92 valence electrons. The molecule has 16 heavy (non-hydrogen) atoms. The molecule has 0 bridgehead atoms. The van der Waals surface area contributed by atoms with E-state index in [0.717, 1.165) is 13.1 Å². The van der Waals surface area contributed by atoms with Crippen LogP contribution in [0.5, 0.6) is 0 Å². The number of thiophene rings is 1. The fraction of sp³-hybridized carbons (Fsp3) is 0.692. The van der Waals surface area contributed by atoms with Crippen molar-refractivity contribution in [2.24, 2.45) is 0 Å². The number of rotatable bonds is 9. The quantitative estimate of drug-likeness (QED) is 0.668. The molecular weight excluding hydrogens is 216 g/mol. The molecule has 3 heteroatoms. The minimum Gasteiger partial charge on any atom is -0.317 e. The van der Waals surface area contributed by atoms with Crippen molar-refractivity contribution in [3.05, 3.63) is 22.4 Å².